The number of aryl methyl sites for hydroxylation is 1. The molecular weight excluding hydrogens is 214 g/mol. The van der Waals surface area contributed by atoms with Crippen LogP contribution >= 0.6 is 0 Å². The topological polar surface area (TPSA) is 53.1 Å². The molecule has 0 amide bonds. The van der Waals surface area contributed by atoms with Gasteiger partial charge in [0.2, 0.25) is 0 Å². The van der Waals surface area contributed by atoms with Crippen LogP contribution in [0.5, 0.6) is 0 Å². The maximum atomic E-state index is 6.42. The van der Waals surface area contributed by atoms with Crippen LogP contribution in [0, 0.1) is 0 Å². The highest BCUT2D eigenvalue weighted by molar-refractivity contribution is 5.15. The molecule has 1 atom stereocenters. The Morgan fingerprint density at radius 1 is 1.35 bits per heavy atom. The fraction of sp³-hybridized carbons (Fsp3) is 0.769. The molecule has 1 saturated carbocycles. The molecule has 0 bridgehead atoms. The van der Waals surface area contributed by atoms with Crippen molar-refractivity contribution in [2.24, 2.45) is 12.8 Å². The zero-order valence-corrected chi connectivity index (χ0v) is 10.9. The van der Waals surface area contributed by atoms with E-state index in [9.17, 15) is 0 Å². The molecule has 0 aliphatic heterocycles. The lowest BCUT2D eigenvalue weighted by Gasteiger charge is -2.36. The van der Waals surface area contributed by atoms with Crippen molar-refractivity contribution >= 4 is 0 Å². The standard InChI is InChI=1S/C13H23N3O/c1-16-10-11(9-15-16)12(14)13(17-2)7-5-3-4-6-8-13/h9-10,12H,3-8,14H2,1-2H3. The summed E-state index contributed by atoms with van der Waals surface area (Å²) in [5.74, 6) is 0. The molecule has 1 unspecified atom stereocenters. The lowest BCUT2D eigenvalue weighted by molar-refractivity contribution is -0.0442. The predicted molar refractivity (Wildman–Crippen MR) is 67.6 cm³/mol. The molecule has 0 saturated heterocycles. The smallest absolute Gasteiger partial charge is 0.0871 e. The zero-order valence-electron chi connectivity index (χ0n) is 10.9. The minimum Gasteiger partial charge on any atom is -0.376 e. The first kappa shape index (κ1) is 12.6. The first-order valence-corrected chi connectivity index (χ1v) is 6.47. The van der Waals surface area contributed by atoms with Gasteiger partial charge >= 0.3 is 0 Å². The Labute approximate surface area is 103 Å². The normalized spacial score (nSPS) is 22.1. The predicted octanol–water partition coefficient (Wildman–Crippen LogP) is 2.16. The molecule has 0 aromatic carbocycles. The Kier molecular flexibility index (Phi) is 3.84. The maximum absolute atomic E-state index is 6.42. The third-order valence-electron chi connectivity index (χ3n) is 4.01. The molecular formula is C13H23N3O. The monoisotopic (exact) mass is 237 g/mol. The maximum Gasteiger partial charge on any atom is 0.0871 e. The molecule has 1 heterocycles. The van der Waals surface area contributed by atoms with E-state index in [1.807, 2.05) is 19.4 Å². The average molecular weight is 237 g/mol. The second-order valence-electron chi connectivity index (χ2n) is 5.11. The molecule has 2 N–H and O–H groups in total. The summed E-state index contributed by atoms with van der Waals surface area (Å²) in [6.07, 6.45) is 11.0. The van der Waals surface area contributed by atoms with Gasteiger partial charge in [-0.2, -0.15) is 5.10 Å². The Bertz CT molecular complexity index is 353. The van der Waals surface area contributed by atoms with E-state index in [2.05, 4.69) is 5.10 Å². The van der Waals surface area contributed by atoms with Gasteiger partial charge in [-0.25, -0.2) is 0 Å². The fourth-order valence-corrected chi connectivity index (χ4v) is 2.87. The average Bonchev–Trinajstić information content (AvgIpc) is 2.64. The third-order valence-corrected chi connectivity index (χ3v) is 4.01. The van der Waals surface area contributed by atoms with E-state index in [0.717, 1.165) is 18.4 Å². The van der Waals surface area contributed by atoms with Crippen molar-refractivity contribution in [1.82, 2.24) is 9.78 Å². The summed E-state index contributed by atoms with van der Waals surface area (Å²) in [6, 6.07) is -0.0701. The van der Waals surface area contributed by atoms with E-state index in [1.165, 1.54) is 25.7 Å². The molecule has 4 nitrogen and oxygen atoms in total. The van der Waals surface area contributed by atoms with Crippen LogP contribution in [-0.2, 0) is 11.8 Å². The van der Waals surface area contributed by atoms with Crippen molar-refractivity contribution in [2.75, 3.05) is 7.11 Å². The highest BCUT2D eigenvalue weighted by Crippen LogP contribution is 2.38. The van der Waals surface area contributed by atoms with Gasteiger partial charge in [0, 0.05) is 25.9 Å². The Balaban J connectivity index is 2.21. The van der Waals surface area contributed by atoms with Crippen molar-refractivity contribution in [3.63, 3.8) is 0 Å². The van der Waals surface area contributed by atoms with Gasteiger partial charge < -0.3 is 10.5 Å². The van der Waals surface area contributed by atoms with Gasteiger partial charge in [-0.3, -0.25) is 4.68 Å². The van der Waals surface area contributed by atoms with Gasteiger partial charge in [0.05, 0.1) is 17.8 Å². The summed E-state index contributed by atoms with van der Waals surface area (Å²) in [6.45, 7) is 0. The SMILES string of the molecule is COC1(C(N)c2cnn(C)c2)CCCCCC1. The van der Waals surface area contributed by atoms with E-state index in [4.69, 9.17) is 10.5 Å². The molecule has 1 aliphatic carbocycles. The van der Waals surface area contributed by atoms with Gasteiger partial charge in [-0.15, -0.1) is 0 Å². The molecule has 1 aliphatic rings. The number of nitrogens with zero attached hydrogens (tertiary/aromatic N) is 2. The van der Waals surface area contributed by atoms with E-state index in [0.29, 0.717) is 0 Å². The van der Waals surface area contributed by atoms with Crippen molar-refractivity contribution in [1.29, 1.82) is 0 Å². The van der Waals surface area contributed by atoms with Crippen LogP contribution < -0.4 is 5.73 Å². The lowest BCUT2D eigenvalue weighted by Crippen LogP contribution is -2.42. The molecule has 0 radical (unpaired) electrons. The van der Waals surface area contributed by atoms with Gasteiger partial charge in [0.15, 0.2) is 0 Å². The molecule has 17 heavy (non-hydrogen) atoms. The van der Waals surface area contributed by atoms with Crippen molar-refractivity contribution < 1.29 is 4.74 Å². The minimum atomic E-state index is -0.195. The number of hydrogen-bond donors (Lipinski definition) is 1. The highest BCUT2D eigenvalue weighted by Gasteiger charge is 2.38. The summed E-state index contributed by atoms with van der Waals surface area (Å²) in [5.41, 5.74) is 7.30. The van der Waals surface area contributed by atoms with Crippen LogP contribution in [0.3, 0.4) is 0 Å². The second kappa shape index (κ2) is 5.19. The quantitative estimate of drug-likeness (QED) is 0.820. The molecule has 96 valence electrons. The van der Waals surface area contributed by atoms with Gasteiger partial charge in [0.25, 0.3) is 0 Å². The Morgan fingerprint density at radius 3 is 2.47 bits per heavy atom. The van der Waals surface area contributed by atoms with Gasteiger partial charge in [-0.05, 0) is 12.8 Å². The summed E-state index contributed by atoms with van der Waals surface area (Å²) in [5, 5.41) is 4.20. The third kappa shape index (κ3) is 2.53. The van der Waals surface area contributed by atoms with E-state index < -0.39 is 0 Å². The van der Waals surface area contributed by atoms with Crippen molar-refractivity contribution in [3.8, 4) is 0 Å². The largest absolute Gasteiger partial charge is 0.376 e. The first-order chi connectivity index (χ1) is 8.18. The number of rotatable bonds is 3. The molecule has 0 spiro atoms. The molecule has 1 aromatic rings. The van der Waals surface area contributed by atoms with Crippen LogP contribution in [0.15, 0.2) is 12.4 Å². The number of nitrogens with two attached hydrogens (primary N) is 1. The molecule has 1 aromatic heterocycles. The number of aromatic nitrogens is 2. The van der Waals surface area contributed by atoms with Gasteiger partial charge in [0.1, 0.15) is 0 Å². The van der Waals surface area contributed by atoms with Crippen LogP contribution in [-0.4, -0.2) is 22.5 Å². The molecule has 4 heteroatoms. The van der Waals surface area contributed by atoms with Gasteiger partial charge in [-0.1, -0.05) is 25.7 Å². The summed E-state index contributed by atoms with van der Waals surface area (Å²) >= 11 is 0. The Morgan fingerprint density at radius 2 is 2.00 bits per heavy atom. The zero-order chi connectivity index (χ0) is 12.3. The summed E-state index contributed by atoms with van der Waals surface area (Å²) < 4.78 is 7.62. The minimum absolute atomic E-state index is 0.0701. The van der Waals surface area contributed by atoms with Crippen LogP contribution in [0.1, 0.15) is 50.1 Å². The number of hydrogen-bond acceptors (Lipinski definition) is 3. The summed E-state index contributed by atoms with van der Waals surface area (Å²) in [7, 11) is 3.71. The molecule has 1 fully saturated rings. The van der Waals surface area contributed by atoms with E-state index in [-0.39, 0.29) is 11.6 Å². The highest BCUT2D eigenvalue weighted by atomic mass is 16.5. The number of ether oxygens (including phenoxy) is 1. The lowest BCUT2D eigenvalue weighted by atomic mass is 9.84. The van der Waals surface area contributed by atoms with Crippen LogP contribution in [0.25, 0.3) is 0 Å². The first-order valence-electron chi connectivity index (χ1n) is 6.47. The Hall–Kier alpha value is -0.870. The van der Waals surface area contributed by atoms with Crippen molar-refractivity contribution in [2.45, 2.75) is 50.2 Å². The molecule has 2 rings (SSSR count). The van der Waals surface area contributed by atoms with Crippen LogP contribution in [0.4, 0.5) is 0 Å². The van der Waals surface area contributed by atoms with Crippen LogP contribution in [0.2, 0.25) is 0 Å². The number of methoxy groups -OCH3 is 1. The van der Waals surface area contributed by atoms with E-state index >= 15 is 0 Å². The second-order valence-corrected chi connectivity index (χ2v) is 5.11. The summed E-state index contributed by atoms with van der Waals surface area (Å²) in [4.78, 5) is 0. The van der Waals surface area contributed by atoms with Crippen molar-refractivity contribution in [3.05, 3.63) is 18.0 Å². The fourth-order valence-electron chi connectivity index (χ4n) is 2.87. The van der Waals surface area contributed by atoms with E-state index in [1.54, 1.807) is 11.8 Å².